The van der Waals surface area contributed by atoms with Gasteiger partial charge in [-0.3, -0.25) is 4.79 Å². The van der Waals surface area contributed by atoms with E-state index in [0.717, 1.165) is 16.7 Å². The van der Waals surface area contributed by atoms with Crippen LogP contribution < -0.4 is 20.5 Å². The first kappa shape index (κ1) is 21.6. The van der Waals surface area contributed by atoms with Crippen molar-refractivity contribution in [3.8, 4) is 22.9 Å². The lowest BCUT2D eigenvalue weighted by Gasteiger charge is -2.25. The van der Waals surface area contributed by atoms with E-state index in [0.29, 0.717) is 29.6 Å². The molecule has 0 radical (unpaired) electrons. The number of carbonyl (C=O) groups is 1. The molecule has 1 saturated carbocycles. The summed E-state index contributed by atoms with van der Waals surface area (Å²) in [5, 5.41) is 7.02. The number of methoxy groups -OCH3 is 1. The summed E-state index contributed by atoms with van der Waals surface area (Å²) in [7, 11) is 1.48. The minimum atomic E-state index is -0.312. The summed E-state index contributed by atoms with van der Waals surface area (Å²) >= 11 is 0. The van der Waals surface area contributed by atoms with Crippen LogP contribution in [0.25, 0.3) is 16.8 Å². The quantitative estimate of drug-likeness (QED) is 0.411. The zero-order valence-corrected chi connectivity index (χ0v) is 18.8. The van der Waals surface area contributed by atoms with E-state index in [1.165, 1.54) is 26.4 Å². The van der Waals surface area contributed by atoms with Gasteiger partial charge in [0.25, 0.3) is 5.91 Å². The van der Waals surface area contributed by atoms with Crippen LogP contribution in [0.2, 0.25) is 0 Å². The van der Waals surface area contributed by atoms with E-state index < -0.39 is 0 Å². The Morgan fingerprint density at radius 3 is 2.88 bits per heavy atom. The van der Waals surface area contributed by atoms with Crippen LogP contribution in [0.1, 0.15) is 35.2 Å². The van der Waals surface area contributed by atoms with Crippen LogP contribution in [0.3, 0.4) is 0 Å². The summed E-state index contributed by atoms with van der Waals surface area (Å²) in [6, 6.07) is 9.15. The standard InChI is InChI=1S/C24H25N7O3/c1-33-23-19(10-18(13-28-23)16-7-9-31-20(11-16)29-24(25)30-31)21(32)27-12-17-6-3-8-26-22(17)34-14-15-4-2-5-15/h3,6-11,13,15H,2,4-5,12,14H2,1H3,(H2,25,30)(H,27,32). The SMILES string of the molecule is COc1ncc(-c2ccn3nc(N)nc3c2)cc1C(=O)NCc1cccnc1OCC1CCC1. The third-order valence-corrected chi connectivity index (χ3v) is 5.95. The lowest BCUT2D eigenvalue weighted by atomic mass is 9.86. The van der Waals surface area contributed by atoms with Gasteiger partial charge in [0.2, 0.25) is 17.7 Å². The van der Waals surface area contributed by atoms with Gasteiger partial charge in [-0.2, -0.15) is 4.98 Å². The molecule has 1 fully saturated rings. The van der Waals surface area contributed by atoms with E-state index >= 15 is 0 Å². The Labute approximate surface area is 196 Å². The molecule has 0 unspecified atom stereocenters. The molecule has 3 N–H and O–H groups in total. The number of nitrogens with two attached hydrogens (primary N) is 1. The molecule has 0 bridgehead atoms. The van der Waals surface area contributed by atoms with E-state index in [1.807, 2.05) is 24.3 Å². The van der Waals surface area contributed by atoms with Crippen LogP contribution in [0.15, 0.2) is 48.9 Å². The number of rotatable bonds is 8. The molecule has 0 spiro atoms. The number of fused-ring (bicyclic) bond motifs is 1. The molecule has 174 valence electrons. The molecule has 4 aromatic rings. The van der Waals surface area contributed by atoms with Crippen LogP contribution in [0, 0.1) is 5.92 Å². The van der Waals surface area contributed by atoms with E-state index in [4.69, 9.17) is 15.2 Å². The molecule has 1 aliphatic carbocycles. The first-order chi connectivity index (χ1) is 16.6. The Morgan fingerprint density at radius 2 is 2.09 bits per heavy atom. The maximum atomic E-state index is 13.1. The number of nitrogens with zero attached hydrogens (tertiary/aromatic N) is 5. The van der Waals surface area contributed by atoms with Gasteiger partial charge in [-0.25, -0.2) is 14.5 Å². The van der Waals surface area contributed by atoms with E-state index in [9.17, 15) is 4.79 Å². The van der Waals surface area contributed by atoms with Gasteiger partial charge in [-0.15, -0.1) is 5.10 Å². The number of nitrogen functional groups attached to an aromatic ring is 1. The predicted octanol–water partition coefficient (Wildman–Crippen LogP) is 2.89. The number of anilines is 1. The molecule has 4 heterocycles. The Morgan fingerprint density at radius 1 is 1.21 bits per heavy atom. The Kier molecular flexibility index (Phi) is 5.94. The van der Waals surface area contributed by atoms with Crippen LogP contribution in [-0.4, -0.2) is 44.2 Å². The van der Waals surface area contributed by atoms with Gasteiger partial charge in [0.05, 0.1) is 13.7 Å². The van der Waals surface area contributed by atoms with E-state index in [2.05, 4.69) is 25.4 Å². The number of pyridine rings is 3. The number of ether oxygens (including phenoxy) is 2. The first-order valence-electron chi connectivity index (χ1n) is 11.1. The van der Waals surface area contributed by atoms with Crippen molar-refractivity contribution in [3.05, 3.63) is 60.0 Å². The molecule has 0 saturated heterocycles. The average Bonchev–Trinajstić information content (AvgIpc) is 3.21. The van der Waals surface area contributed by atoms with Crippen molar-refractivity contribution in [2.45, 2.75) is 25.8 Å². The lowest BCUT2D eigenvalue weighted by molar-refractivity contribution is 0.0946. The Hall–Kier alpha value is -4.21. The van der Waals surface area contributed by atoms with Crippen molar-refractivity contribution in [1.29, 1.82) is 0 Å². The summed E-state index contributed by atoms with van der Waals surface area (Å²) < 4.78 is 12.8. The lowest BCUT2D eigenvalue weighted by Crippen LogP contribution is -2.25. The molecule has 34 heavy (non-hydrogen) atoms. The fourth-order valence-electron chi connectivity index (χ4n) is 3.83. The zero-order valence-electron chi connectivity index (χ0n) is 18.8. The normalized spacial score (nSPS) is 13.4. The molecule has 0 aliphatic heterocycles. The molecular formula is C24H25N7O3. The minimum absolute atomic E-state index is 0.191. The largest absolute Gasteiger partial charge is 0.480 e. The molecule has 10 heteroatoms. The van der Waals surface area contributed by atoms with Gasteiger partial charge >= 0.3 is 0 Å². The number of carbonyl (C=O) groups excluding carboxylic acids is 1. The monoisotopic (exact) mass is 459 g/mol. The third-order valence-electron chi connectivity index (χ3n) is 5.95. The third kappa shape index (κ3) is 4.47. The van der Waals surface area contributed by atoms with Crippen molar-refractivity contribution in [3.63, 3.8) is 0 Å². The summed E-state index contributed by atoms with van der Waals surface area (Å²) in [6.07, 6.45) is 8.74. The number of aromatic nitrogens is 5. The second kappa shape index (κ2) is 9.34. The summed E-state index contributed by atoms with van der Waals surface area (Å²) in [4.78, 5) is 25.9. The van der Waals surface area contributed by atoms with Crippen LogP contribution in [-0.2, 0) is 6.54 Å². The topological polar surface area (TPSA) is 130 Å². The number of hydrogen-bond acceptors (Lipinski definition) is 8. The first-order valence-corrected chi connectivity index (χ1v) is 11.1. The second-order valence-electron chi connectivity index (χ2n) is 8.23. The van der Waals surface area contributed by atoms with Crippen molar-refractivity contribution in [2.24, 2.45) is 5.92 Å². The van der Waals surface area contributed by atoms with Gasteiger partial charge in [0.1, 0.15) is 5.56 Å². The van der Waals surface area contributed by atoms with Crippen molar-refractivity contribution in [1.82, 2.24) is 29.9 Å². The highest BCUT2D eigenvalue weighted by Crippen LogP contribution is 2.28. The molecule has 5 rings (SSSR count). The van der Waals surface area contributed by atoms with Crippen LogP contribution in [0.4, 0.5) is 5.95 Å². The maximum absolute atomic E-state index is 13.1. The van der Waals surface area contributed by atoms with Crippen molar-refractivity contribution < 1.29 is 14.3 Å². The predicted molar refractivity (Wildman–Crippen MR) is 125 cm³/mol. The zero-order chi connectivity index (χ0) is 23.5. The fourth-order valence-corrected chi connectivity index (χ4v) is 3.83. The molecule has 0 aromatic carbocycles. The van der Waals surface area contributed by atoms with Gasteiger partial charge in [0, 0.05) is 36.3 Å². The van der Waals surface area contributed by atoms with Crippen LogP contribution in [0.5, 0.6) is 11.8 Å². The fraction of sp³-hybridized carbons (Fsp3) is 0.292. The second-order valence-corrected chi connectivity index (χ2v) is 8.23. The highest BCUT2D eigenvalue weighted by molar-refractivity contribution is 5.97. The van der Waals surface area contributed by atoms with Gasteiger partial charge in [-0.1, -0.05) is 12.5 Å². The van der Waals surface area contributed by atoms with E-state index in [1.54, 1.807) is 29.2 Å². The Balaban J connectivity index is 1.34. The van der Waals surface area contributed by atoms with Crippen molar-refractivity contribution >= 4 is 17.5 Å². The molecular weight excluding hydrogens is 434 g/mol. The van der Waals surface area contributed by atoms with Crippen LogP contribution >= 0.6 is 0 Å². The highest BCUT2D eigenvalue weighted by Gasteiger charge is 2.20. The Bertz CT molecular complexity index is 1330. The van der Waals surface area contributed by atoms with Crippen molar-refractivity contribution in [2.75, 3.05) is 19.5 Å². The molecule has 1 aliphatic rings. The number of amides is 1. The summed E-state index contributed by atoms with van der Waals surface area (Å²) in [5.41, 5.74) is 8.97. The highest BCUT2D eigenvalue weighted by atomic mass is 16.5. The molecule has 0 atom stereocenters. The molecule has 10 nitrogen and oxygen atoms in total. The number of nitrogens with one attached hydrogen (secondary N) is 1. The molecule has 4 aromatic heterocycles. The average molecular weight is 460 g/mol. The van der Waals surface area contributed by atoms with Gasteiger partial charge in [-0.05, 0) is 48.6 Å². The summed E-state index contributed by atoms with van der Waals surface area (Å²) in [5.74, 6) is 1.26. The minimum Gasteiger partial charge on any atom is -0.480 e. The maximum Gasteiger partial charge on any atom is 0.257 e. The van der Waals surface area contributed by atoms with Gasteiger partial charge < -0.3 is 20.5 Å². The number of hydrogen-bond donors (Lipinski definition) is 2. The molecule has 1 amide bonds. The van der Waals surface area contributed by atoms with Gasteiger partial charge in [0.15, 0.2) is 5.65 Å². The van der Waals surface area contributed by atoms with E-state index in [-0.39, 0.29) is 24.3 Å². The smallest absolute Gasteiger partial charge is 0.257 e. The summed E-state index contributed by atoms with van der Waals surface area (Å²) in [6.45, 7) is 0.921.